The smallest absolute Gasteiger partial charge is 0.176 e. The van der Waals surface area contributed by atoms with Gasteiger partial charge in [-0.15, -0.1) is 0 Å². The lowest BCUT2D eigenvalue weighted by Gasteiger charge is -2.30. The van der Waals surface area contributed by atoms with Crippen LogP contribution in [0.1, 0.15) is 31.1 Å². The van der Waals surface area contributed by atoms with E-state index in [0.717, 1.165) is 18.7 Å². The number of hydrogen-bond acceptors (Lipinski definition) is 4. The molecule has 1 aromatic heterocycles. The Balaban J connectivity index is 2.19. The van der Waals surface area contributed by atoms with Gasteiger partial charge in [-0.05, 0) is 26.4 Å². The molecule has 72 valence electrons. The SMILES string of the molecule is CN1CCCCC1c1oncc1N. The molecule has 1 unspecified atom stereocenters. The Labute approximate surface area is 77.7 Å². The summed E-state index contributed by atoms with van der Waals surface area (Å²) in [6, 6.07) is 0.330. The maximum atomic E-state index is 5.75. The molecule has 1 saturated heterocycles. The number of rotatable bonds is 1. The number of likely N-dealkylation sites (tertiary alicyclic amines) is 1. The maximum absolute atomic E-state index is 5.75. The van der Waals surface area contributed by atoms with Crippen LogP contribution in [0.3, 0.4) is 0 Å². The van der Waals surface area contributed by atoms with Crippen molar-refractivity contribution in [3.05, 3.63) is 12.0 Å². The van der Waals surface area contributed by atoms with Gasteiger partial charge in [-0.25, -0.2) is 0 Å². The summed E-state index contributed by atoms with van der Waals surface area (Å²) >= 11 is 0. The molecule has 0 aromatic carbocycles. The average Bonchev–Trinajstić information content (AvgIpc) is 2.52. The molecule has 0 amide bonds. The summed E-state index contributed by atoms with van der Waals surface area (Å²) in [5, 5.41) is 3.70. The Bertz CT molecular complexity index is 284. The Morgan fingerprint density at radius 2 is 2.46 bits per heavy atom. The van der Waals surface area contributed by atoms with Gasteiger partial charge in [-0.1, -0.05) is 11.6 Å². The number of piperidine rings is 1. The van der Waals surface area contributed by atoms with Crippen LogP contribution in [0, 0.1) is 0 Å². The first-order valence-electron chi connectivity index (χ1n) is 4.69. The number of anilines is 1. The Hall–Kier alpha value is -1.03. The zero-order valence-electron chi connectivity index (χ0n) is 7.86. The van der Waals surface area contributed by atoms with Crippen LogP contribution in [0.15, 0.2) is 10.7 Å². The minimum absolute atomic E-state index is 0.330. The van der Waals surface area contributed by atoms with E-state index < -0.39 is 0 Å². The summed E-state index contributed by atoms with van der Waals surface area (Å²) in [7, 11) is 2.10. The van der Waals surface area contributed by atoms with Crippen molar-refractivity contribution in [2.45, 2.75) is 25.3 Å². The van der Waals surface area contributed by atoms with Gasteiger partial charge in [-0.3, -0.25) is 4.90 Å². The molecule has 4 nitrogen and oxygen atoms in total. The highest BCUT2D eigenvalue weighted by Gasteiger charge is 2.25. The zero-order valence-corrected chi connectivity index (χ0v) is 7.86. The summed E-state index contributed by atoms with van der Waals surface area (Å²) in [4.78, 5) is 2.28. The topological polar surface area (TPSA) is 55.3 Å². The van der Waals surface area contributed by atoms with E-state index in [1.807, 2.05) is 0 Å². The Morgan fingerprint density at radius 1 is 1.62 bits per heavy atom. The zero-order chi connectivity index (χ0) is 9.26. The molecule has 2 rings (SSSR count). The maximum Gasteiger partial charge on any atom is 0.176 e. The van der Waals surface area contributed by atoms with Crippen molar-refractivity contribution < 1.29 is 4.52 Å². The van der Waals surface area contributed by atoms with Gasteiger partial charge in [0, 0.05) is 0 Å². The van der Waals surface area contributed by atoms with E-state index in [1.165, 1.54) is 12.8 Å². The van der Waals surface area contributed by atoms with Gasteiger partial charge in [0.2, 0.25) is 0 Å². The van der Waals surface area contributed by atoms with E-state index >= 15 is 0 Å². The minimum Gasteiger partial charge on any atom is -0.394 e. The van der Waals surface area contributed by atoms with E-state index in [9.17, 15) is 0 Å². The molecule has 0 bridgehead atoms. The molecule has 0 radical (unpaired) electrons. The van der Waals surface area contributed by atoms with E-state index in [-0.39, 0.29) is 0 Å². The first-order chi connectivity index (χ1) is 6.29. The molecular weight excluding hydrogens is 166 g/mol. The van der Waals surface area contributed by atoms with Crippen LogP contribution in [-0.2, 0) is 0 Å². The molecule has 2 heterocycles. The van der Waals surface area contributed by atoms with Crippen molar-refractivity contribution in [2.24, 2.45) is 0 Å². The van der Waals surface area contributed by atoms with Crippen molar-refractivity contribution in [1.29, 1.82) is 0 Å². The fraction of sp³-hybridized carbons (Fsp3) is 0.667. The van der Waals surface area contributed by atoms with Gasteiger partial charge in [0.15, 0.2) is 5.76 Å². The summed E-state index contributed by atoms with van der Waals surface area (Å²) in [5.74, 6) is 0.835. The second kappa shape index (κ2) is 3.38. The fourth-order valence-corrected chi connectivity index (χ4v) is 1.92. The Kier molecular flexibility index (Phi) is 2.22. The molecule has 1 aromatic rings. The van der Waals surface area contributed by atoms with Gasteiger partial charge in [0.25, 0.3) is 0 Å². The molecular formula is C9H15N3O. The van der Waals surface area contributed by atoms with E-state index in [4.69, 9.17) is 10.3 Å². The lowest BCUT2D eigenvalue weighted by atomic mass is 10.0. The van der Waals surface area contributed by atoms with Crippen LogP contribution in [0.5, 0.6) is 0 Å². The van der Waals surface area contributed by atoms with Crippen molar-refractivity contribution in [3.8, 4) is 0 Å². The predicted molar refractivity (Wildman–Crippen MR) is 50.1 cm³/mol. The van der Waals surface area contributed by atoms with E-state index in [0.29, 0.717) is 11.7 Å². The third kappa shape index (κ3) is 1.54. The largest absolute Gasteiger partial charge is 0.394 e. The van der Waals surface area contributed by atoms with Gasteiger partial charge in [-0.2, -0.15) is 0 Å². The van der Waals surface area contributed by atoms with Crippen molar-refractivity contribution in [3.63, 3.8) is 0 Å². The van der Waals surface area contributed by atoms with Crippen molar-refractivity contribution in [2.75, 3.05) is 19.3 Å². The molecule has 4 heteroatoms. The lowest BCUT2D eigenvalue weighted by Crippen LogP contribution is -2.29. The molecule has 0 aliphatic carbocycles. The number of nitrogens with zero attached hydrogens (tertiary/aromatic N) is 2. The molecule has 1 fully saturated rings. The molecule has 2 N–H and O–H groups in total. The fourth-order valence-electron chi connectivity index (χ4n) is 1.92. The van der Waals surface area contributed by atoms with Crippen LogP contribution in [0.4, 0.5) is 5.69 Å². The van der Waals surface area contributed by atoms with Crippen LogP contribution in [-0.4, -0.2) is 23.6 Å². The van der Waals surface area contributed by atoms with Crippen LogP contribution >= 0.6 is 0 Å². The van der Waals surface area contributed by atoms with Crippen LogP contribution < -0.4 is 5.73 Å². The highest BCUT2D eigenvalue weighted by Crippen LogP contribution is 2.32. The molecule has 1 aliphatic heterocycles. The second-order valence-electron chi connectivity index (χ2n) is 3.64. The molecule has 1 atom stereocenters. The third-order valence-corrected chi connectivity index (χ3v) is 2.70. The lowest BCUT2D eigenvalue weighted by molar-refractivity contribution is 0.156. The number of nitrogen functional groups attached to an aromatic ring is 1. The number of nitrogens with two attached hydrogens (primary N) is 1. The van der Waals surface area contributed by atoms with Gasteiger partial charge in [0.1, 0.15) is 0 Å². The van der Waals surface area contributed by atoms with Crippen molar-refractivity contribution >= 4 is 5.69 Å². The molecule has 0 spiro atoms. The molecule has 13 heavy (non-hydrogen) atoms. The van der Waals surface area contributed by atoms with Crippen LogP contribution in [0.25, 0.3) is 0 Å². The summed E-state index contributed by atoms with van der Waals surface area (Å²) in [5.41, 5.74) is 6.43. The van der Waals surface area contributed by atoms with Crippen molar-refractivity contribution in [1.82, 2.24) is 10.1 Å². The Morgan fingerprint density at radius 3 is 3.08 bits per heavy atom. The summed E-state index contributed by atoms with van der Waals surface area (Å²) < 4.78 is 5.16. The van der Waals surface area contributed by atoms with Crippen LogP contribution in [0.2, 0.25) is 0 Å². The first-order valence-corrected chi connectivity index (χ1v) is 4.69. The highest BCUT2D eigenvalue weighted by molar-refractivity contribution is 5.40. The molecule has 1 aliphatic rings. The summed E-state index contributed by atoms with van der Waals surface area (Å²) in [6.45, 7) is 1.12. The van der Waals surface area contributed by atoms with Gasteiger partial charge >= 0.3 is 0 Å². The predicted octanol–water partition coefficient (Wildman–Crippen LogP) is 1.41. The standard InChI is InChI=1S/C9H15N3O/c1-12-5-3-2-4-8(12)9-7(10)6-11-13-9/h6,8H,2-5,10H2,1H3. The quantitative estimate of drug-likeness (QED) is 0.711. The average molecular weight is 181 g/mol. The molecule has 0 saturated carbocycles. The second-order valence-corrected chi connectivity index (χ2v) is 3.64. The third-order valence-electron chi connectivity index (χ3n) is 2.70. The number of aromatic nitrogens is 1. The van der Waals surface area contributed by atoms with E-state index in [1.54, 1.807) is 6.20 Å². The van der Waals surface area contributed by atoms with Gasteiger partial charge in [0.05, 0.1) is 17.9 Å². The number of hydrogen-bond donors (Lipinski definition) is 1. The minimum atomic E-state index is 0.330. The normalized spacial score (nSPS) is 24.8. The summed E-state index contributed by atoms with van der Waals surface area (Å²) in [6.07, 6.45) is 5.21. The van der Waals surface area contributed by atoms with Gasteiger partial charge < -0.3 is 10.3 Å². The van der Waals surface area contributed by atoms with E-state index in [2.05, 4.69) is 17.1 Å². The highest BCUT2D eigenvalue weighted by atomic mass is 16.5. The first kappa shape index (κ1) is 8.56. The monoisotopic (exact) mass is 181 g/mol.